The van der Waals surface area contributed by atoms with Crippen molar-refractivity contribution in [3.8, 4) is 0 Å². The van der Waals surface area contributed by atoms with Crippen molar-refractivity contribution in [3.05, 3.63) is 89.2 Å². The van der Waals surface area contributed by atoms with Gasteiger partial charge in [0.25, 0.3) is 11.7 Å². The maximum Gasteiger partial charge on any atom is 0.295 e. The van der Waals surface area contributed by atoms with Gasteiger partial charge in [0.2, 0.25) is 0 Å². The number of ketones is 1. The molecule has 1 aliphatic heterocycles. The molecule has 3 aromatic carbocycles. The maximum absolute atomic E-state index is 14.7. The van der Waals surface area contributed by atoms with Gasteiger partial charge in [-0.05, 0) is 29.3 Å². The Kier molecular flexibility index (Phi) is 5.36. The zero-order valence-electron chi connectivity index (χ0n) is 16.6. The van der Waals surface area contributed by atoms with Crippen LogP contribution in [0.1, 0.15) is 36.9 Å². The molecule has 4 nitrogen and oxygen atoms in total. The Bertz CT molecular complexity index is 1170. The molecule has 3 aromatic rings. The number of amides is 1. The minimum absolute atomic E-state index is 0.0727. The number of fused-ring (bicyclic) bond motifs is 1. The van der Waals surface area contributed by atoms with E-state index >= 15 is 0 Å². The molecule has 1 saturated heterocycles. The van der Waals surface area contributed by atoms with Crippen LogP contribution in [0.2, 0.25) is 0 Å². The molecule has 30 heavy (non-hydrogen) atoms. The number of aliphatic hydroxyl groups excluding tert-OH is 1. The standard InChI is InChI=1S/C25H22FNO3/c1-2-3-14-27-22(19-10-6-7-11-20(19)26)21(24(29)25(27)30)23(28)18-13-12-16-8-4-5-9-17(16)15-18/h4-13,15,22,28H,2-3,14H2,1H3/b23-21+. The lowest BCUT2D eigenvalue weighted by atomic mass is 9.94. The van der Waals surface area contributed by atoms with Crippen LogP contribution in [0.25, 0.3) is 16.5 Å². The fourth-order valence-electron chi connectivity index (χ4n) is 3.95. The minimum atomic E-state index is -0.954. The van der Waals surface area contributed by atoms with Crippen LogP contribution in [-0.4, -0.2) is 28.2 Å². The summed E-state index contributed by atoms with van der Waals surface area (Å²) < 4.78 is 14.7. The second-order valence-electron chi connectivity index (χ2n) is 7.43. The fraction of sp³-hybridized carbons (Fsp3) is 0.200. The highest BCUT2D eigenvalue weighted by Gasteiger charge is 2.46. The van der Waals surface area contributed by atoms with E-state index in [1.54, 1.807) is 30.3 Å². The third kappa shape index (κ3) is 3.36. The second-order valence-corrected chi connectivity index (χ2v) is 7.43. The molecule has 1 unspecified atom stereocenters. The fourth-order valence-corrected chi connectivity index (χ4v) is 3.95. The van der Waals surface area contributed by atoms with E-state index in [0.29, 0.717) is 18.5 Å². The number of unbranched alkanes of at least 4 members (excludes halogenated alkanes) is 1. The number of carbonyl (C=O) groups excluding carboxylic acids is 2. The summed E-state index contributed by atoms with van der Waals surface area (Å²) in [6.07, 6.45) is 1.49. The van der Waals surface area contributed by atoms with Crippen molar-refractivity contribution >= 4 is 28.2 Å². The van der Waals surface area contributed by atoms with Crippen LogP contribution in [0.15, 0.2) is 72.3 Å². The molecule has 4 rings (SSSR count). The molecule has 0 aromatic heterocycles. The summed E-state index contributed by atoms with van der Waals surface area (Å²) in [7, 11) is 0. The smallest absolute Gasteiger partial charge is 0.295 e. The molecule has 1 amide bonds. The second kappa shape index (κ2) is 8.11. The van der Waals surface area contributed by atoms with Gasteiger partial charge < -0.3 is 10.0 Å². The maximum atomic E-state index is 14.7. The zero-order chi connectivity index (χ0) is 21.3. The van der Waals surface area contributed by atoms with Crippen LogP contribution in [0.4, 0.5) is 4.39 Å². The molecule has 5 heteroatoms. The summed E-state index contributed by atoms with van der Waals surface area (Å²) in [4.78, 5) is 27.1. The van der Waals surface area contributed by atoms with Crippen molar-refractivity contribution < 1.29 is 19.1 Å². The van der Waals surface area contributed by atoms with Crippen molar-refractivity contribution in [1.82, 2.24) is 4.90 Å². The third-order valence-electron chi connectivity index (χ3n) is 5.52. The first-order valence-corrected chi connectivity index (χ1v) is 10.0. The van der Waals surface area contributed by atoms with Crippen LogP contribution in [-0.2, 0) is 9.59 Å². The van der Waals surface area contributed by atoms with E-state index in [4.69, 9.17) is 0 Å². The van der Waals surface area contributed by atoms with Gasteiger partial charge in [-0.3, -0.25) is 9.59 Å². The molecule has 1 fully saturated rings. The average molecular weight is 403 g/mol. The lowest BCUT2D eigenvalue weighted by molar-refractivity contribution is -0.139. The Morgan fingerprint density at radius 2 is 1.70 bits per heavy atom. The van der Waals surface area contributed by atoms with Gasteiger partial charge in [0.05, 0.1) is 11.6 Å². The number of halogens is 1. The molecule has 0 aliphatic carbocycles. The average Bonchev–Trinajstić information content (AvgIpc) is 3.01. The van der Waals surface area contributed by atoms with Crippen molar-refractivity contribution in [1.29, 1.82) is 0 Å². The quantitative estimate of drug-likeness (QED) is 0.362. The van der Waals surface area contributed by atoms with Gasteiger partial charge in [-0.15, -0.1) is 0 Å². The molecule has 1 aliphatic rings. The molecule has 0 saturated carbocycles. The van der Waals surface area contributed by atoms with Gasteiger partial charge in [0.15, 0.2) is 0 Å². The molecular formula is C25H22FNO3. The summed E-state index contributed by atoms with van der Waals surface area (Å²) in [5.74, 6) is -2.30. The van der Waals surface area contributed by atoms with Crippen LogP contribution in [0, 0.1) is 5.82 Å². The van der Waals surface area contributed by atoms with Gasteiger partial charge in [0, 0.05) is 17.7 Å². The topological polar surface area (TPSA) is 57.6 Å². The Morgan fingerprint density at radius 1 is 1.00 bits per heavy atom. The molecule has 0 spiro atoms. The largest absolute Gasteiger partial charge is 0.507 e. The molecule has 1 heterocycles. The highest BCUT2D eigenvalue weighted by molar-refractivity contribution is 6.46. The van der Waals surface area contributed by atoms with Gasteiger partial charge in [-0.1, -0.05) is 67.9 Å². The molecule has 1 N–H and O–H groups in total. The predicted octanol–water partition coefficient (Wildman–Crippen LogP) is 5.20. The van der Waals surface area contributed by atoms with E-state index in [9.17, 15) is 19.1 Å². The number of nitrogens with zero attached hydrogens (tertiary/aromatic N) is 1. The van der Waals surface area contributed by atoms with E-state index in [-0.39, 0.29) is 16.9 Å². The lowest BCUT2D eigenvalue weighted by Crippen LogP contribution is -2.31. The van der Waals surface area contributed by atoms with E-state index in [0.717, 1.165) is 17.2 Å². The lowest BCUT2D eigenvalue weighted by Gasteiger charge is -2.25. The third-order valence-corrected chi connectivity index (χ3v) is 5.52. The summed E-state index contributed by atoms with van der Waals surface area (Å²) in [6.45, 7) is 2.29. The van der Waals surface area contributed by atoms with Gasteiger partial charge >= 0.3 is 0 Å². The summed E-state index contributed by atoms with van der Waals surface area (Å²) in [6, 6.07) is 18.1. The highest BCUT2D eigenvalue weighted by atomic mass is 19.1. The number of aliphatic hydroxyl groups is 1. The molecule has 0 bridgehead atoms. The van der Waals surface area contributed by atoms with Gasteiger partial charge in [0.1, 0.15) is 11.6 Å². The van der Waals surface area contributed by atoms with Gasteiger partial charge in [-0.25, -0.2) is 4.39 Å². The Labute approximate surface area is 174 Å². The van der Waals surface area contributed by atoms with E-state index in [2.05, 4.69) is 0 Å². The first-order valence-electron chi connectivity index (χ1n) is 10.0. The number of hydrogen-bond acceptors (Lipinski definition) is 3. The Morgan fingerprint density at radius 3 is 2.43 bits per heavy atom. The summed E-state index contributed by atoms with van der Waals surface area (Å²) in [5, 5.41) is 13.0. The van der Waals surface area contributed by atoms with Crippen LogP contribution in [0.3, 0.4) is 0 Å². The molecular weight excluding hydrogens is 381 g/mol. The van der Waals surface area contributed by atoms with Crippen LogP contribution in [0.5, 0.6) is 0 Å². The van der Waals surface area contributed by atoms with Crippen LogP contribution >= 0.6 is 0 Å². The molecule has 152 valence electrons. The van der Waals surface area contributed by atoms with Crippen LogP contribution < -0.4 is 0 Å². The zero-order valence-corrected chi connectivity index (χ0v) is 16.6. The Hall–Kier alpha value is -3.47. The van der Waals surface area contributed by atoms with Crippen molar-refractivity contribution in [3.63, 3.8) is 0 Å². The number of carbonyl (C=O) groups is 2. The number of Topliss-reactive ketones (excluding diaryl/α,β-unsaturated/α-hetero) is 1. The van der Waals surface area contributed by atoms with E-state index in [1.807, 2.05) is 37.3 Å². The first kappa shape index (κ1) is 19.8. The van der Waals surface area contributed by atoms with Gasteiger partial charge in [-0.2, -0.15) is 0 Å². The highest BCUT2D eigenvalue weighted by Crippen LogP contribution is 2.40. The molecule has 1 atom stereocenters. The predicted molar refractivity (Wildman–Crippen MR) is 114 cm³/mol. The number of hydrogen-bond donors (Lipinski definition) is 1. The Balaban J connectivity index is 1.90. The normalized spacial score (nSPS) is 18.3. The molecule has 0 radical (unpaired) electrons. The number of rotatable bonds is 5. The van der Waals surface area contributed by atoms with Crippen molar-refractivity contribution in [2.24, 2.45) is 0 Å². The number of benzene rings is 3. The summed E-state index contributed by atoms with van der Waals surface area (Å²) in [5.41, 5.74) is 0.551. The van der Waals surface area contributed by atoms with Crippen molar-refractivity contribution in [2.75, 3.05) is 6.54 Å². The minimum Gasteiger partial charge on any atom is -0.507 e. The van der Waals surface area contributed by atoms with E-state index < -0.39 is 23.5 Å². The number of likely N-dealkylation sites (tertiary alicyclic amines) is 1. The monoisotopic (exact) mass is 403 g/mol. The summed E-state index contributed by atoms with van der Waals surface area (Å²) >= 11 is 0. The first-order chi connectivity index (χ1) is 14.5. The SMILES string of the molecule is CCCCN1C(=O)C(=O)/C(=C(/O)c2ccc3ccccc3c2)C1c1ccccc1F. The van der Waals surface area contributed by atoms with Crippen molar-refractivity contribution in [2.45, 2.75) is 25.8 Å². The van der Waals surface area contributed by atoms with E-state index in [1.165, 1.54) is 11.0 Å².